The molecule has 4 aromatic carbocycles. The normalized spacial score (nSPS) is 26.5. The van der Waals surface area contributed by atoms with E-state index in [9.17, 15) is 4.79 Å². The Morgan fingerprint density at radius 3 is 2.08 bits per heavy atom. The molecule has 3 heterocycles. The quantitative estimate of drug-likeness (QED) is 0.0670. The van der Waals surface area contributed by atoms with Gasteiger partial charge >= 0.3 is 281 Å². The Kier molecular flexibility index (Phi) is 16.9. The molecule has 0 saturated carbocycles. The van der Waals surface area contributed by atoms with Crippen LogP contribution in [0.5, 0.6) is 5.75 Å². The predicted molar refractivity (Wildman–Crippen MR) is 246 cm³/mol. The molecule has 3 saturated heterocycles. The Morgan fingerprint density at radius 2 is 1.41 bits per heavy atom. The van der Waals surface area contributed by atoms with Crippen molar-refractivity contribution in [2.45, 2.75) is 133 Å². The number of benzene rings is 4. The molecule has 12 heteroatoms. The molecule has 0 spiro atoms. The first-order valence-electron chi connectivity index (χ1n) is 22.2. The molecule has 3 aliphatic rings. The van der Waals surface area contributed by atoms with Crippen LogP contribution in [0.1, 0.15) is 69.4 Å². The van der Waals surface area contributed by atoms with Gasteiger partial charge in [0.2, 0.25) is 0 Å². The van der Waals surface area contributed by atoms with Crippen molar-refractivity contribution >= 4 is 32.4 Å². The summed E-state index contributed by atoms with van der Waals surface area (Å²) in [6.07, 6.45) is 2.73. The van der Waals surface area contributed by atoms with Crippen LogP contribution in [0.4, 0.5) is 0 Å². The number of rotatable bonds is 19. The second-order valence-corrected chi connectivity index (χ2v) is 25.2. The Morgan fingerprint density at radius 1 is 0.746 bits per heavy atom. The maximum atomic E-state index is 13.7. The summed E-state index contributed by atoms with van der Waals surface area (Å²) in [6, 6.07) is 37.9. The van der Waals surface area contributed by atoms with Gasteiger partial charge in [-0.15, -0.1) is 0 Å². The minimum atomic E-state index is -2.19. The number of carbonyl (C=O) groups is 1. The van der Waals surface area contributed by atoms with Crippen molar-refractivity contribution in [3.05, 3.63) is 144 Å². The van der Waals surface area contributed by atoms with Crippen LogP contribution in [0.3, 0.4) is 0 Å². The standard InChI is InChI=1S/C51H64O10SeSi/c1-51(2,3)63(5,6)61-46-30-44-48(35-57-50(60-44)38-24-26-39(53-4)27-25-38)58-41(46)23-16-28-55-42-29-43(56-33-37-19-12-8-13-20-37)47(34-54-32-36-17-10-7-11-18-36)59-45(42)31-49(52)62-40-21-14-9-15-22-40/h7-22,24-28,41-48,50H,23,29-35H2,1-6H3/b28-16-/t41-,42-,43+,44-,45+,46+,47-,48+,50+/m0/s1. The zero-order valence-corrected chi connectivity index (χ0v) is 40.2. The van der Waals surface area contributed by atoms with E-state index < -0.39 is 32.9 Å². The fourth-order valence-electron chi connectivity index (χ4n) is 7.82. The Labute approximate surface area is 381 Å². The number of hydrogen-bond donors (Lipinski definition) is 0. The molecular weight excluding hydrogens is 880 g/mol. The Bertz CT molecular complexity index is 2010. The summed E-state index contributed by atoms with van der Waals surface area (Å²) in [5, 5.41) is 0.00824. The predicted octanol–water partition coefficient (Wildman–Crippen LogP) is 8.85. The maximum absolute atomic E-state index is 13.7. The molecule has 3 aliphatic heterocycles. The van der Waals surface area contributed by atoms with E-state index in [-0.39, 0.29) is 61.6 Å². The van der Waals surface area contributed by atoms with Crippen LogP contribution in [-0.4, -0.2) is 97.1 Å². The number of ether oxygens (including phenoxy) is 8. The van der Waals surface area contributed by atoms with Crippen molar-refractivity contribution in [2.24, 2.45) is 0 Å². The first-order valence-corrected chi connectivity index (χ1v) is 26.8. The number of methoxy groups -OCH3 is 1. The Balaban J connectivity index is 1.05. The molecule has 0 N–H and O–H groups in total. The second kappa shape index (κ2) is 22.5. The first kappa shape index (κ1) is 47.3. The molecule has 0 bridgehead atoms. The molecule has 3 fully saturated rings. The van der Waals surface area contributed by atoms with Crippen LogP contribution in [0.15, 0.2) is 128 Å². The van der Waals surface area contributed by atoms with E-state index in [0.717, 1.165) is 26.9 Å². The molecule has 0 amide bonds. The number of carbonyl (C=O) groups excluding carboxylic acids is 1. The molecule has 0 unspecified atom stereocenters. The van der Waals surface area contributed by atoms with Crippen LogP contribution in [0.25, 0.3) is 0 Å². The number of fused-ring (bicyclic) bond motifs is 1. The van der Waals surface area contributed by atoms with Crippen molar-refractivity contribution in [3.8, 4) is 5.75 Å². The van der Waals surface area contributed by atoms with Crippen molar-refractivity contribution in [1.82, 2.24) is 0 Å². The van der Waals surface area contributed by atoms with Crippen molar-refractivity contribution < 1.29 is 47.1 Å². The molecule has 0 radical (unpaired) electrons. The summed E-state index contributed by atoms with van der Waals surface area (Å²) in [5.74, 6) is 0.782. The zero-order chi connectivity index (χ0) is 44.2. The van der Waals surface area contributed by atoms with Gasteiger partial charge in [-0.2, -0.15) is 0 Å². The molecule has 0 aliphatic carbocycles. The van der Waals surface area contributed by atoms with Gasteiger partial charge in [-0.25, -0.2) is 0 Å². The summed E-state index contributed by atoms with van der Waals surface area (Å²) >= 11 is -0.360. The molecule has 0 aromatic heterocycles. The topological polar surface area (TPSA) is 100 Å². The van der Waals surface area contributed by atoms with E-state index in [1.165, 1.54) is 0 Å². The molecule has 338 valence electrons. The van der Waals surface area contributed by atoms with Crippen LogP contribution in [-0.2, 0) is 55.6 Å². The minimum Gasteiger partial charge on any atom is -0.342 e. The second-order valence-electron chi connectivity index (χ2n) is 18.0. The van der Waals surface area contributed by atoms with Gasteiger partial charge in [-0.1, -0.05) is 32.9 Å². The van der Waals surface area contributed by atoms with Gasteiger partial charge in [0.1, 0.15) is 5.75 Å². The van der Waals surface area contributed by atoms with Gasteiger partial charge in [0, 0.05) is 5.56 Å². The Hall–Kier alpha value is -3.65. The number of hydrogen-bond acceptors (Lipinski definition) is 10. The summed E-state index contributed by atoms with van der Waals surface area (Å²) in [7, 11) is -0.537. The monoisotopic (exact) mass is 944 g/mol. The van der Waals surface area contributed by atoms with Crippen molar-refractivity contribution in [1.29, 1.82) is 0 Å². The van der Waals surface area contributed by atoms with Gasteiger partial charge in [-0.3, -0.25) is 0 Å². The van der Waals surface area contributed by atoms with Gasteiger partial charge in [0.25, 0.3) is 0 Å². The minimum absolute atomic E-state index is 0.00824. The third-order valence-electron chi connectivity index (χ3n) is 12.4. The third kappa shape index (κ3) is 13.5. The van der Waals surface area contributed by atoms with Crippen molar-refractivity contribution in [3.63, 3.8) is 0 Å². The van der Waals surface area contributed by atoms with E-state index in [4.69, 9.17) is 42.3 Å². The summed E-state index contributed by atoms with van der Waals surface area (Å²) in [6.45, 7) is 12.9. The molecule has 9 atom stereocenters. The average molecular weight is 944 g/mol. The molecule has 63 heavy (non-hydrogen) atoms. The van der Waals surface area contributed by atoms with Crippen LogP contribution < -0.4 is 9.20 Å². The van der Waals surface area contributed by atoms with Crippen LogP contribution >= 0.6 is 0 Å². The van der Waals surface area contributed by atoms with E-state index in [1.807, 2.05) is 109 Å². The van der Waals surface area contributed by atoms with Gasteiger partial charge in [-0.05, 0) is 30.3 Å². The van der Waals surface area contributed by atoms with Gasteiger partial charge in [0.05, 0.1) is 7.11 Å². The average Bonchev–Trinajstić information content (AvgIpc) is 3.28. The fourth-order valence-corrected chi connectivity index (χ4v) is 10.9. The van der Waals surface area contributed by atoms with Gasteiger partial charge in [0.15, 0.2) is 6.29 Å². The fraction of sp³-hybridized carbons (Fsp3) is 0.471. The smallest absolute Gasteiger partial charge is 0.342 e. The van der Waals surface area contributed by atoms with Crippen LogP contribution in [0.2, 0.25) is 18.1 Å². The van der Waals surface area contributed by atoms with Gasteiger partial charge < -0.3 is 14.2 Å². The van der Waals surface area contributed by atoms with E-state index in [1.54, 1.807) is 13.4 Å². The summed E-state index contributed by atoms with van der Waals surface area (Å²) in [4.78, 5) is 13.7. The van der Waals surface area contributed by atoms with E-state index in [0.29, 0.717) is 45.7 Å². The summed E-state index contributed by atoms with van der Waals surface area (Å²) in [5.41, 5.74) is 3.08. The van der Waals surface area contributed by atoms with E-state index >= 15 is 0 Å². The molecule has 10 nitrogen and oxygen atoms in total. The molecular formula is C51H64O10SeSi. The zero-order valence-electron chi connectivity index (χ0n) is 37.5. The molecule has 7 rings (SSSR count). The SMILES string of the molecule is COc1ccc([C@@H]2OC[C@H]3O[C@@H](C/C=C\O[C@H]4C[C@@H](OCc5ccccc5)[C@H](COCc5ccccc5)O[C@@H]4CC(=O)[Se]c4ccccc4)[C@H](O[Si](C)(C)C(C)(C)C)C[C@@H]3O2)cc1. The first-order chi connectivity index (χ1) is 30.4. The van der Waals surface area contributed by atoms with Crippen molar-refractivity contribution in [2.75, 3.05) is 20.3 Å². The van der Waals surface area contributed by atoms with E-state index in [2.05, 4.69) is 46.0 Å². The molecule has 4 aromatic rings. The summed E-state index contributed by atoms with van der Waals surface area (Å²) < 4.78 is 59.5. The third-order valence-corrected chi connectivity index (χ3v) is 18.8. The van der Waals surface area contributed by atoms with Crippen LogP contribution in [0, 0.1) is 0 Å².